The number of nitriles is 1. The molecule has 1 unspecified atom stereocenters. The summed E-state index contributed by atoms with van der Waals surface area (Å²) in [6.45, 7) is 5.18. The van der Waals surface area contributed by atoms with Crippen LogP contribution in [0.4, 0.5) is 0 Å². The van der Waals surface area contributed by atoms with Crippen LogP contribution in [0.15, 0.2) is 22.3 Å². The largest absolute Gasteiger partial charge is 0.379 e. The summed E-state index contributed by atoms with van der Waals surface area (Å²) in [6, 6.07) is 5.89. The number of rotatable bonds is 7. The van der Waals surface area contributed by atoms with Crippen molar-refractivity contribution in [2.45, 2.75) is 25.5 Å². The molecule has 0 bridgehead atoms. The van der Waals surface area contributed by atoms with E-state index < -0.39 is 5.91 Å². The van der Waals surface area contributed by atoms with Gasteiger partial charge in [0, 0.05) is 37.7 Å². The Kier molecular flexibility index (Phi) is 7.89. The van der Waals surface area contributed by atoms with Crippen molar-refractivity contribution in [2.24, 2.45) is 0 Å². The van der Waals surface area contributed by atoms with Gasteiger partial charge in [-0.25, -0.2) is 0 Å². The highest BCUT2D eigenvalue weighted by Crippen LogP contribution is 2.13. The Morgan fingerprint density at radius 3 is 2.88 bits per heavy atom. The molecule has 1 amide bonds. The lowest BCUT2D eigenvalue weighted by Gasteiger charge is -2.26. The molecule has 1 atom stereocenters. The summed E-state index contributed by atoms with van der Waals surface area (Å²) in [5.74, 6) is -0.453. The Labute approximate surface area is 194 Å². The van der Waals surface area contributed by atoms with Gasteiger partial charge in [-0.2, -0.15) is 5.26 Å². The van der Waals surface area contributed by atoms with Crippen molar-refractivity contribution in [3.05, 3.63) is 41.9 Å². The molecule has 10 heteroatoms. The number of morpholine rings is 1. The lowest BCUT2D eigenvalue weighted by Crippen LogP contribution is -2.42. The molecule has 2 aromatic heterocycles. The molecule has 2 aliphatic rings. The van der Waals surface area contributed by atoms with Crippen LogP contribution >= 0.6 is 22.7 Å². The molecular formula is C22H26N4O4S2. The van der Waals surface area contributed by atoms with Crippen LogP contribution in [0, 0.1) is 11.3 Å². The predicted octanol–water partition coefficient (Wildman–Crippen LogP) is 0.102. The molecule has 2 saturated heterocycles. The Bertz CT molecular complexity index is 1130. The van der Waals surface area contributed by atoms with Gasteiger partial charge >= 0.3 is 0 Å². The number of hydrogen-bond acceptors (Lipinski definition) is 8. The molecule has 0 aromatic carbocycles. The van der Waals surface area contributed by atoms with Crippen LogP contribution in [0.2, 0.25) is 0 Å². The standard InChI is InChI=1S/C22H26N4O4S2/c23-14-18(20(27)24-5-6-25-7-10-29-11-8-25)22-26(15-16-3-1-9-30-16)21(28)19(32-22)13-17-4-2-12-31-17/h2,4,12-13,16H,1,3,5-11,15H2,(H,24,27)/b19-13+,22-18+. The van der Waals surface area contributed by atoms with Gasteiger partial charge < -0.3 is 14.8 Å². The lowest BCUT2D eigenvalue weighted by atomic mass is 10.2. The van der Waals surface area contributed by atoms with Crippen molar-refractivity contribution >= 4 is 40.2 Å². The van der Waals surface area contributed by atoms with Gasteiger partial charge in [-0.05, 0) is 30.4 Å². The van der Waals surface area contributed by atoms with Gasteiger partial charge in [-0.15, -0.1) is 22.7 Å². The molecule has 0 radical (unpaired) electrons. The van der Waals surface area contributed by atoms with Gasteiger partial charge in [-0.1, -0.05) is 6.07 Å². The fourth-order valence-electron chi connectivity index (χ4n) is 3.80. The van der Waals surface area contributed by atoms with E-state index in [1.807, 2.05) is 29.7 Å². The lowest BCUT2D eigenvalue weighted by molar-refractivity contribution is -0.115. The summed E-state index contributed by atoms with van der Waals surface area (Å²) in [4.78, 5) is 29.2. The molecule has 170 valence electrons. The van der Waals surface area contributed by atoms with Crippen LogP contribution in [0.1, 0.15) is 17.7 Å². The normalized spacial score (nSPS) is 20.8. The van der Waals surface area contributed by atoms with Crippen molar-refractivity contribution in [1.82, 2.24) is 14.8 Å². The second-order valence-electron chi connectivity index (χ2n) is 7.68. The molecule has 32 heavy (non-hydrogen) atoms. The second-order valence-corrected chi connectivity index (χ2v) is 9.69. The molecule has 8 nitrogen and oxygen atoms in total. The molecule has 1 N–H and O–H groups in total. The van der Waals surface area contributed by atoms with E-state index in [4.69, 9.17) is 9.47 Å². The van der Waals surface area contributed by atoms with Gasteiger partial charge in [0.2, 0.25) is 0 Å². The minimum Gasteiger partial charge on any atom is -0.379 e. The monoisotopic (exact) mass is 474 g/mol. The number of nitrogens with one attached hydrogen (secondary N) is 1. The summed E-state index contributed by atoms with van der Waals surface area (Å²) in [7, 11) is 0. The quantitative estimate of drug-likeness (QED) is 0.612. The average molecular weight is 475 g/mol. The van der Waals surface area contributed by atoms with Crippen LogP contribution in [0.5, 0.6) is 0 Å². The van der Waals surface area contributed by atoms with E-state index in [1.54, 1.807) is 4.57 Å². The number of thiophene rings is 1. The zero-order chi connectivity index (χ0) is 22.3. The molecule has 4 heterocycles. The number of amides is 1. The molecule has 2 aromatic rings. The van der Waals surface area contributed by atoms with Crippen molar-refractivity contribution in [1.29, 1.82) is 5.26 Å². The summed E-state index contributed by atoms with van der Waals surface area (Å²) < 4.78 is 13.5. The maximum atomic E-state index is 13.2. The number of thiazole rings is 1. The highest BCUT2D eigenvalue weighted by atomic mass is 32.1. The Morgan fingerprint density at radius 1 is 1.34 bits per heavy atom. The maximum Gasteiger partial charge on any atom is 0.269 e. The second kappa shape index (κ2) is 11.0. The van der Waals surface area contributed by atoms with Gasteiger partial charge in [-0.3, -0.25) is 19.1 Å². The summed E-state index contributed by atoms with van der Waals surface area (Å²) in [5.41, 5.74) is -0.222. The first-order valence-electron chi connectivity index (χ1n) is 10.7. The minimum atomic E-state index is -0.453. The third-order valence-corrected chi connectivity index (χ3v) is 7.45. The number of nitrogens with zero attached hydrogens (tertiary/aromatic N) is 3. The van der Waals surface area contributed by atoms with Crippen molar-refractivity contribution in [2.75, 3.05) is 46.0 Å². The van der Waals surface area contributed by atoms with E-state index in [2.05, 4.69) is 10.2 Å². The molecule has 0 spiro atoms. The molecule has 2 fully saturated rings. The first-order chi connectivity index (χ1) is 15.7. The van der Waals surface area contributed by atoms with Crippen LogP contribution in [-0.4, -0.2) is 67.5 Å². The van der Waals surface area contributed by atoms with Crippen molar-refractivity contribution in [3.63, 3.8) is 0 Å². The fraction of sp³-hybridized carbons (Fsp3) is 0.500. The van der Waals surface area contributed by atoms with Crippen LogP contribution in [-0.2, 0) is 20.8 Å². The van der Waals surface area contributed by atoms with E-state index in [0.29, 0.717) is 48.7 Å². The topological polar surface area (TPSA) is 96.6 Å². The highest BCUT2D eigenvalue weighted by molar-refractivity contribution is 7.11. The van der Waals surface area contributed by atoms with Gasteiger partial charge in [0.25, 0.3) is 11.5 Å². The van der Waals surface area contributed by atoms with E-state index in [9.17, 15) is 14.9 Å². The third kappa shape index (κ3) is 5.54. The average Bonchev–Trinajstić information content (AvgIpc) is 3.56. The first kappa shape index (κ1) is 22.9. The third-order valence-electron chi connectivity index (χ3n) is 5.50. The number of aromatic nitrogens is 1. The summed E-state index contributed by atoms with van der Waals surface area (Å²) in [5, 5.41) is 14.6. The van der Waals surface area contributed by atoms with E-state index >= 15 is 0 Å². The maximum absolute atomic E-state index is 13.2. The van der Waals surface area contributed by atoms with Crippen LogP contribution < -0.4 is 20.1 Å². The van der Waals surface area contributed by atoms with E-state index in [0.717, 1.165) is 30.8 Å². The number of ether oxygens (including phenoxy) is 2. The Hall–Kier alpha value is -2.29. The van der Waals surface area contributed by atoms with Crippen LogP contribution in [0.3, 0.4) is 0 Å². The highest BCUT2D eigenvalue weighted by Gasteiger charge is 2.21. The molecule has 0 aliphatic carbocycles. The SMILES string of the molecule is N#C/C(C(=O)NCCN1CCOCC1)=c1\s/c(=C/c2cccs2)c(=O)n1CC1CCCO1. The van der Waals surface area contributed by atoms with Crippen molar-refractivity contribution < 1.29 is 14.3 Å². The minimum absolute atomic E-state index is 0.0297. The van der Waals surface area contributed by atoms with Crippen LogP contribution in [0.25, 0.3) is 11.6 Å². The van der Waals surface area contributed by atoms with E-state index in [-0.39, 0.29) is 17.2 Å². The Morgan fingerprint density at radius 2 is 2.19 bits per heavy atom. The zero-order valence-corrected chi connectivity index (χ0v) is 19.4. The molecule has 0 saturated carbocycles. The zero-order valence-electron chi connectivity index (χ0n) is 17.7. The summed E-state index contributed by atoms with van der Waals surface area (Å²) in [6.07, 6.45) is 3.54. The van der Waals surface area contributed by atoms with Gasteiger partial charge in [0.05, 0.1) is 30.4 Å². The number of carbonyl (C=O) groups is 1. The Balaban J connectivity index is 1.63. The van der Waals surface area contributed by atoms with Gasteiger partial charge in [0.1, 0.15) is 10.7 Å². The van der Waals surface area contributed by atoms with Crippen molar-refractivity contribution in [3.8, 4) is 6.07 Å². The predicted molar refractivity (Wildman–Crippen MR) is 124 cm³/mol. The molecular weight excluding hydrogens is 448 g/mol. The smallest absolute Gasteiger partial charge is 0.269 e. The van der Waals surface area contributed by atoms with E-state index in [1.165, 1.54) is 22.7 Å². The van der Waals surface area contributed by atoms with Gasteiger partial charge in [0.15, 0.2) is 5.57 Å². The summed E-state index contributed by atoms with van der Waals surface area (Å²) >= 11 is 2.72. The number of carbonyl (C=O) groups excluding carboxylic acids is 1. The first-order valence-corrected chi connectivity index (χ1v) is 12.4. The number of hydrogen-bond donors (Lipinski definition) is 1. The molecule has 2 aliphatic heterocycles. The fourth-order valence-corrected chi connectivity index (χ4v) is 5.63. The molecule has 4 rings (SSSR count).